The summed E-state index contributed by atoms with van der Waals surface area (Å²) in [5, 5.41) is 0. The molecule has 0 atom stereocenters. The highest BCUT2D eigenvalue weighted by molar-refractivity contribution is 5.85. The van der Waals surface area contributed by atoms with Gasteiger partial charge in [0.25, 0.3) is 0 Å². The highest BCUT2D eigenvalue weighted by Crippen LogP contribution is 2.12. The number of anilines is 1. The molecule has 0 saturated carbocycles. The lowest BCUT2D eigenvalue weighted by atomic mass is 10.2. The quantitative estimate of drug-likeness (QED) is 0.569. The van der Waals surface area contributed by atoms with Gasteiger partial charge in [0.2, 0.25) is 0 Å². The SMILES string of the molecule is CN(C)c1cccc(CNN)c1.Cl. The monoisotopic (exact) mass is 201 g/mol. The van der Waals surface area contributed by atoms with Crippen molar-refractivity contribution in [3.05, 3.63) is 29.8 Å². The second-order valence-electron chi connectivity index (χ2n) is 2.95. The van der Waals surface area contributed by atoms with Gasteiger partial charge in [0.05, 0.1) is 0 Å². The maximum atomic E-state index is 5.22. The van der Waals surface area contributed by atoms with Crippen LogP contribution in [0.5, 0.6) is 0 Å². The van der Waals surface area contributed by atoms with Crippen molar-refractivity contribution in [1.29, 1.82) is 0 Å². The van der Waals surface area contributed by atoms with Gasteiger partial charge in [-0.15, -0.1) is 12.4 Å². The second kappa shape index (κ2) is 5.80. The molecular formula is C9H16ClN3. The molecule has 13 heavy (non-hydrogen) atoms. The first-order chi connectivity index (χ1) is 5.74. The zero-order valence-corrected chi connectivity index (χ0v) is 8.77. The van der Waals surface area contributed by atoms with Crippen LogP contribution in [-0.4, -0.2) is 14.1 Å². The van der Waals surface area contributed by atoms with Gasteiger partial charge >= 0.3 is 0 Å². The highest BCUT2D eigenvalue weighted by atomic mass is 35.5. The minimum absolute atomic E-state index is 0. The average molecular weight is 202 g/mol. The van der Waals surface area contributed by atoms with Crippen molar-refractivity contribution in [1.82, 2.24) is 5.43 Å². The molecular weight excluding hydrogens is 186 g/mol. The lowest BCUT2D eigenvalue weighted by Crippen LogP contribution is -2.21. The Hall–Kier alpha value is -0.770. The standard InChI is InChI=1S/C9H15N3.ClH/c1-12(2)9-5-3-4-8(6-9)7-11-10;/h3-6,11H,7,10H2,1-2H3;1H. The van der Waals surface area contributed by atoms with E-state index >= 15 is 0 Å². The Morgan fingerprint density at radius 3 is 2.62 bits per heavy atom. The number of nitrogens with zero attached hydrogens (tertiary/aromatic N) is 1. The van der Waals surface area contributed by atoms with Crippen LogP contribution in [0.15, 0.2) is 24.3 Å². The summed E-state index contributed by atoms with van der Waals surface area (Å²) in [7, 11) is 4.05. The Bertz CT molecular complexity index is 250. The average Bonchev–Trinajstić information content (AvgIpc) is 2.05. The predicted octanol–water partition coefficient (Wildman–Crippen LogP) is 1.14. The Morgan fingerprint density at radius 1 is 1.38 bits per heavy atom. The molecule has 3 N–H and O–H groups in total. The summed E-state index contributed by atoms with van der Waals surface area (Å²) in [5.41, 5.74) is 5.03. The van der Waals surface area contributed by atoms with Gasteiger partial charge in [-0.1, -0.05) is 12.1 Å². The fourth-order valence-electron chi connectivity index (χ4n) is 1.06. The minimum atomic E-state index is 0. The number of benzene rings is 1. The van der Waals surface area contributed by atoms with Crippen LogP contribution in [0.3, 0.4) is 0 Å². The number of hydrogen-bond donors (Lipinski definition) is 2. The molecule has 0 fully saturated rings. The Balaban J connectivity index is 0.00000144. The zero-order valence-electron chi connectivity index (χ0n) is 7.95. The summed E-state index contributed by atoms with van der Waals surface area (Å²) in [5.74, 6) is 5.22. The predicted molar refractivity (Wildman–Crippen MR) is 59.0 cm³/mol. The molecule has 4 heteroatoms. The van der Waals surface area contributed by atoms with E-state index in [2.05, 4.69) is 22.5 Å². The van der Waals surface area contributed by atoms with Crippen LogP contribution in [-0.2, 0) is 6.54 Å². The molecule has 0 aliphatic rings. The summed E-state index contributed by atoms with van der Waals surface area (Å²) >= 11 is 0. The lowest BCUT2D eigenvalue weighted by molar-refractivity contribution is 0.741. The van der Waals surface area contributed by atoms with Crippen molar-refractivity contribution in [3.8, 4) is 0 Å². The Morgan fingerprint density at radius 2 is 2.08 bits per heavy atom. The molecule has 1 rings (SSSR count). The number of halogens is 1. The highest BCUT2D eigenvalue weighted by Gasteiger charge is 1.95. The second-order valence-corrected chi connectivity index (χ2v) is 2.95. The van der Waals surface area contributed by atoms with Gasteiger partial charge in [-0.2, -0.15) is 0 Å². The first-order valence-electron chi connectivity index (χ1n) is 3.94. The van der Waals surface area contributed by atoms with Crippen molar-refractivity contribution >= 4 is 18.1 Å². The molecule has 0 spiro atoms. The molecule has 74 valence electrons. The fraction of sp³-hybridized carbons (Fsp3) is 0.333. The molecule has 0 saturated heterocycles. The van der Waals surface area contributed by atoms with Crippen molar-refractivity contribution < 1.29 is 0 Å². The lowest BCUT2D eigenvalue weighted by Gasteiger charge is -2.13. The maximum absolute atomic E-state index is 5.22. The normalized spacial score (nSPS) is 9.15. The van der Waals surface area contributed by atoms with Crippen molar-refractivity contribution in [2.45, 2.75) is 6.54 Å². The minimum Gasteiger partial charge on any atom is -0.378 e. The third kappa shape index (κ3) is 3.63. The van der Waals surface area contributed by atoms with Gasteiger partial charge in [0.1, 0.15) is 0 Å². The van der Waals surface area contributed by atoms with Crippen LogP contribution in [0.1, 0.15) is 5.56 Å². The summed E-state index contributed by atoms with van der Waals surface area (Å²) < 4.78 is 0. The molecule has 0 unspecified atom stereocenters. The number of hydrogen-bond acceptors (Lipinski definition) is 3. The van der Waals surface area contributed by atoms with Crippen molar-refractivity contribution in [2.24, 2.45) is 5.84 Å². The summed E-state index contributed by atoms with van der Waals surface area (Å²) in [4.78, 5) is 2.07. The van der Waals surface area contributed by atoms with E-state index in [9.17, 15) is 0 Å². The van der Waals surface area contributed by atoms with Crippen LogP contribution in [0.25, 0.3) is 0 Å². The van der Waals surface area contributed by atoms with Crippen LogP contribution >= 0.6 is 12.4 Å². The van der Waals surface area contributed by atoms with E-state index in [1.54, 1.807) is 0 Å². The molecule has 0 radical (unpaired) electrons. The van der Waals surface area contributed by atoms with E-state index in [4.69, 9.17) is 5.84 Å². The summed E-state index contributed by atoms with van der Waals surface area (Å²) in [6.07, 6.45) is 0. The fourth-order valence-corrected chi connectivity index (χ4v) is 1.06. The van der Waals surface area contributed by atoms with E-state index in [1.165, 1.54) is 11.3 Å². The van der Waals surface area contributed by atoms with Crippen LogP contribution in [0.4, 0.5) is 5.69 Å². The number of nitrogens with one attached hydrogen (secondary N) is 1. The van der Waals surface area contributed by atoms with E-state index < -0.39 is 0 Å². The first kappa shape index (κ1) is 12.2. The molecule has 0 heterocycles. The van der Waals surface area contributed by atoms with Gasteiger partial charge in [-0.05, 0) is 17.7 Å². The molecule has 1 aromatic rings. The molecule has 0 bridgehead atoms. The third-order valence-electron chi connectivity index (χ3n) is 1.73. The van der Waals surface area contributed by atoms with Gasteiger partial charge in [-0.25, -0.2) is 0 Å². The van der Waals surface area contributed by atoms with Gasteiger partial charge in [-0.3, -0.25) is 11.3 Å². The van der Waals surface area contributed by atoms with E-state index in [0.717, 1.165) is 0 Å². The largest absolute Gasteiger partial charge is 0.378 e. The topological polar surface area (TPSA) is 41.3 Å². The smallest absolute Gasteiger partial charge is 0.0364 e. The van der Waals surface area contributed by atoms with E-state index in [1.807, 2.05) is 26.2 Å². The number of nitrogens with two attached hydrogens (primary N) is 1. The molecule has 1 aromatic carbocycles. The Labute approximate surface area is 85.3 Å². The van der Waals surface area contributed by atoms with Gasteiger partial charge in [0.15, 0.2) is 0 Å². The molecule has 0 aliphatic carbocycles. The van der Waals surface area contributed by atoms with Crippen molar-refractivity contribution in [2.75, 3.05) is 19.0 Å². The molecule has 0 aromatic heterocycles. The van der Waals surface area contributed by atoms with E-state index in [0.29, 0.717) is 6.54 Å². The number of hydrazine groups is 1. The number of rotatable bonds is 3. The molecule has 3 nitrogen and oxygen atoms in total. The van der Waals surface area contributed by atoms with Gasteiger partial charge in [0, 0.05) is 26.3 Å². The van der Waals surface area contributed by atoms with E-state index in [-0.39, 0.29) is 12.4 Å². The van der Waals surface area contributed by atoms with Gasteiger partial charge < -0.3 is 4.90 Å². The molecule has 0 amide bonds. The van der Waals surface area contributed by atoms with Crippen molar-refractivity contribution in [3.63, 3.8) is 0 Å². The summed E-state index contributed by atoms with van der Waals surface area (Å²) in [6, 6.07) is 8.26. The molecule has 0 aliphatic heterocycles. The zero-order chi connectivity index (χ0) is 8.97. The third-order valence-corrected chi connectivity index (χ3v) is 1.73. The summed E-state index contributed by atoms with van der Waals surface area (Å²) in [6.45, 7) is 0.710. The van der Waals surface area contributed by atoms with Crippen LogP contribution in [0.2, 0.25) is 0 Å². The van der Waals surface area contributed by atoms with Crippen LogP contribution < -0.4 is 16.2 Å². The maximum Gasteiger partial charge on any atom is 0.0364 e. The Kier molecular flexibility index (Phi) is 5.46. The first-order valence-corrected chi connectivity index (χ1v) is 3.94. The van der Waals surface area contributed by atoms with Crippen LogP contribution in [0, 0.1) is 0 Å².